The molecule has 1 aromatic carbocycles. The molecule has 9 N–H and O–H groups in total. The number of aryl methyl sites for hydroxylation is 1. The van der Waals surface area contributed by atoms with Crippen molar-refractivity contribution in [1.82, 2.24) is 19.6 Å². The number of aliphatic hydroxyl groups excluding tert-OH is 5. The number of ether oxygens (including phenoxy) is 7. The summed E-state index contributed by atoms with van der Waals surface area (Å²) in [6, 6.07) is 5.69. The molecule has 0 saturated carbocycles. The molecule has 28 atom stereocenters. The number of nitrogens with zero attached hydrogens (tertiary/aromatic N) is 4. The fraction of sp³-hybridized carbons (Fsp3) is 0.870. The van der Waals surface area contributed by atoms with Gasteiger partial charge in [0, 0.05) is 43.1 Å². The molecule has 4 saturated heterocycles. The molecule has 0 radical (unpaired) electrons. The van der Waals surface area contributed by atoms with Crippen molar-refractivity contribution in [3.63, 3.8) is 0 Å². The quantitative estimate of drug-likeness (QED) is 0.110. The maximum absolute atomic E-state index is 13.6. The first kappa shape index (κ1) is 81.4. The molecule has 0 bridgehead atoms. The van der Waals surface area contributed by atoms with Gasteiger partial charge in [-0.25, -0.2) is 4.79 Å². The molecule has 4 heterocycles. The van der Waals surface area contributed by atoms with Crippen LogP contribution in [0.4, 0.5) is 0 Å². The zero-order valence-electron chi connectivity index (χ0n) is 59.9. The topological polar surface area (TPSA) is 311 Å². The molecule has 0 aliphatic carbocycles. The van der Waals surface area contributed by atoms with Crippen molar-refractivity contribution in [3.05, 3.63) is 35.4 Å². The molecule has 23 heteroatoms. The summed E-state index contributed by atoms with van der Waals surface area (Å²) in [6.45, 7) is 30.4. The van der Waals surface area contributed by atoms with Crippen LogP contribution in [0.15, 0.2) is 24.3 Å². The smallest absolute Gasteiger partial charge is 0.338 e. The average molecular weight is 1310 g/mol. The van der Waals surface area contributed by atoms with Crippen LogP contribution < -0.4 is 0 Å². The Morgan fingerprint density at radius 3 is 1.32 bits per heavy atom. The SMILES string of the molecule is CC[C@H]1OC(=O)[C@H](C)[C@@H](O)[C@H](C)[C@@H](O[C@@H]2O[C@H](C)C[C@H](N(C)C)[C@H]2O)[C@](C)(O)C[C@@H](C)CN(C)[C@H](C)[C@@H](O)[C@]1(C)O.CCc1ccc(C(=O)O[C@H]2[C@H](O[C@@H]3[C@@H](C)[C@H](O)[C@@H](C)C(=O)O[C@H](CC)[C@@](C)(O)[C@H](O)[C@@H](C)N(C)C[C@H](C)C[C@@]3(C)O)O[C@H](C)C[C@@H]2N(C)C)cc1. The summed E-state index contributed by atoms with van der Waals surface area (Å²) < 4.78 is 43.2. The summed E-state index contributed by atoms with van der Waals surface area (Å²) >= 11 is 0. The first-order chi connectivity index (χ1) is 42.4. The fourth-order valence-electron chi connectivity index (χ4n) is 14.7. The zero-order valence-corrected chi connectivity index (χ0v) is 59.9. The molecule has 5 rings (SSSR count). The van der Waals surface area contributed by atoms with Crippen molar-refractivity contribution in [1.29, 1.82) is 0 Å². The molecule has 4 aliphatic rings. The maximum Gasteiger partial charge on any atom is 0.338 e. The van der Waals surface area contributed by atoms with Gasteiger partial charge in [0.05, 0.1) is 71.3 Å². The van der Waals surface area contributed by atoms with E-state index in [9.17, 15) is 60.3 Å². The second-order valence-corrected chi connectivity index (χ2v) is 29.7. The highest BCUT2D eigenvalue weighted by Gasteiger charge is 2.53. The van der Waals surface area contributed by atoms with Gasteiger partial charge in [0.25, 0.3) is 0 Å². The van der Waals surface area contributed by atoms with Gasteiger partial charge < -0.3 is 98.7 Å². The Balaban J connectivity index is 0.000000402. The summed E-state index contributed by atoms with van der Waals surface area (Å²) in [5.74, 6) is -6.03. The van der Waals surface area contributed by atoms with Crippen LogP contribution in [-0.4, -0.2) is 271 Å². The summed E-state index contributed by atoms with van der Waals surface area (Å²) in [5.41, 5.74) is -5.12. The minimum absolute atomic E-state index is 0.0990. The molecule has 4 aliphatic heterocycles. The predicted octanol–water partition coefficient (Wildman–Crippen LogP) is 4.38. The number of benzene rings is 1. The number of carbonyl (C=O) groups excluding carboxylic acids is 3. The van der Waals surface area contributed by atoms with Crippen LogP contribution in [-0.2, 0) is 49.2 Å². The lowest BCUT2D eigenvalue weighted by Crippen LogP contribution is -2.60. The minimum atomic E-state index is -1.78. The molecule has 4 fully saturated rings. The Hall–Kier alpha value is -3.05. The largest absolute Gasteiger partial charge is 0.459 e. The first-order valence-corrected chi connectivity index (χ1v) is 33.8. The van der Waals surface area contributed by atoms with Crippen molar-refractivity contribution in [2.75, 3.05) is 55.4 Å². The van der Waals surface area contributed by atoms with Gasteiger partial charge in [-0.05, 0) is 186 Å². The van der Waals surface area contributed by atoms with Gasteiger partial charge in [-0.15, -0.1) is 0 Å². The standard InChI is InChI=1S/C39H66N2O10.C30H58N2O9/c1-13-27-15-17-28(18-16-27)36(45)50-32-29(40(10)11)19-23(4)48-37(32)51-34-24(5)31(42)25(6)35(44)49-30(14-2)39(9,47)33(43)26(7)41(12)21-22(3)20-38(34,8)46;1-12-22-30(8,38)25(35)20(6)32(11)15-16(2)14-29(7,37)26(18(4)23(33)19(5)27(36)40-22)41-28-24(34)21(31(9)10)13-17(3)39-28/h15-18,22-26,29-34,37,42-43,46-47H,13-14,19-21H2,1-12H3;16-26,28,33-35,37-38H,12-15H2,1-11H3/t22-,23-,24+,25-,26-,29+,30-,31+,32-,33-,34-,37+,38-,39-;16-,17-,18+,19-,20-,21+,22-,23+,24-,25-,26-,28+,29-,30-/m11/s1. The number of rotatable bonds is 11. The van der Waals surface area contributed by atoms with Crippen molar-refractivity contribution >= 4 is 17.9 Å². The van der Waals surface area contributed by atoms with E-state index >= 15 is 0 Å². The molecule has 0 amide bonds. The number of cyclic esters (lactones) is 2. The lowest BCUT2D eigenvalue weighted by atomic mass is 9.78. The van der Waals surface area contributed by atoms with Crippen LogP contribution in [0.1, 0.15) is 172 Å². The van der Waals surface area contributed by atoms with Crippen LogP contribution in [0.5, 0.6) is 0 Å². The molecular weight excluding hydrogens is 1190 g/mol. The predicted molar refractivity (Wildman–Crippen MR) is 349 cm³/mol. The van der Waals surface area contributed by atoms with Crippen molar-refractivity contribution in [2.45, 2.75) is 295 Å². The van der Waals surface area contributed by atoms with E-state index in [4.69, 9.17) is 33.2 Å². The van der Waals surface area contributed by atoms with Gasteiger partial charge >= 0.3 is 17.9 Å². The van der Waals surface area contributed by atoms with Crippen molar-refractivity contribution in [2.24, 2.45) is 35.5 Å². The Labute approximate surface area is 550 Å². The third-order valence-electron chi connectivity index (χ3n) is 20.7. The Kier molecular flexibility index (Phi) is 30.0. The van der Waals surface area contributed by atoms with Crippen LogP contribution in [0.2, 0.25) is 0 Å². The normalized spacial score (nSPS) is 44.3. The number of carbonyl (C=O) groups is 3. The van der Waals surface area contributed by atoms with Crippen molar-refractivity contribution in [3.8, 4) is 0 Å². The fourth-order valence-corrected chi connectivity index (χ4v) is 14.7. The Morgan fingerprint density at radius 1 is 0.576 bits per heavy atom. The summed E-state index contributed by atoms with van der Waals surface area (Å²) in [5, 5.41) is 104. The van der Waals surface area contributed by atoms with E-state index in [1.165, 1.54) is 27.7 Å². The molecule has 92 heavy (non-hydrogen) atoms. The van der Waals surface area contributed by atoms with Crippen LogP contribution in [0.25, 0.3) is 0 Å². The van der Waals surface area contributed by atoms with E-state index in [2.05, 4.69) is 0 Å². The van der Waals surface area contributed by atoms with Gasteiger partial charge in [0.2, 0.25) is 0 Å². The van der Waals surface area contributed by atoms with E-state index in [1.807, 2.05) is 109 Å². The van der Waals surface area contributed by atoms with E-state index in [1.54, 1.807) is 67.5 Å². The van der Waals surface area contributed by atoms with Gasteiger partial charge in [-0.3, -0.25) is 9.59 Å². The maximum atomic E-state index is 13.6. The lowest BCUT2D eigenvalue weighted by Gasteiger charge is -2.47. The summed E-state index contributed by atoms with van der Waals surface area (Å²) in [4.78, 5) is 48.1. The molecule has 534 valence electrons. The molecule has 0 spiro atoms. The second kappa shape index (κ2) is 33.9. The van der Waals surface area contributed by atoms with Gasteiger partial charge in [0.1, 0.15) is 41.7 Å². The molecule has 0 aromatic heterocycles. The summed E-state index contributed by atoms with van der Waals surface area (Å²) in [6.07, 6.45) is -11.0. The van der Waals surface area contributed by atoms with E-state index in [0.717, 1.165) is 12.0 Å². The lowest BCUT2D eigenvalue weighted by molar-refractivity contribution is -0.299. The van der Waals surface area contributed by atoms with Crippen molar-refractivity contribution < 1.29 is 93.5 Å². The Morgan fingerprint density at radius 2 is 0.946 bits per heavy atom. The van der Waals surface area contributed by atoms with E-state index < -0.39 is 150 Å². The van der Waals surface area contributed by atoms with Gasteiger partial charge in [-0.1, -0.05) is 60.6 Å². The monoisotopic (exact) mass is 1310 g/mol. The van der Waals surface area contributed by atoms with Crippen LogP contribution in [0.3, 0.4) is 0 Å². The molecular formula is C69H124N4O19. The van der Waals surface area contributed by atoms with Crippen LogP contribution >= 0.6 is 0 Å². The molecule has 0 unspecified atom stereocenters. The second-order valence-electron chi connectivity index (χ2n) is 29.7. The third-order valence-corrected chi connectivity index (χ3v) is 20.7. The first-order valence-electron chi connectivity index (χ1n) is 33.8. The Bertz CT molecular complexity index is 2430. The molecule has 1 aromatic rings. The number of hydrogen-bond acceptors (Lipinski definition) is 23. The zero-order chi connectivity index (χ0) is 70.2. The number of hydrogen-bond donors (Lipinski definition) is 9. The summed E-state index contributed by atoms with van der Waals surface area (Å²) in [7, 11) is 11.2. The highest BCUT2D eigenvalue weighted by atomic mass is 16.7. The third kappa shape index (κ3) is 20.1. The minimum Gasteiger partial charge on any atom is -0.459 e. The van der Waals surface area contributed by atoms with Gasteiger partial charge in [0.15, 0.2) is 18.7 Å². The molecule has 23 nitrogen and oxygen atoms in total. The highest BCUT2D eigenvalue weighted by Crippen LogP contribution is 2.40. The average Bonchev–Trinajstić information content (AvgIpc) is 1.14. The van der Waals surface area contributed by atoms with E-state index in [0.29, 0.717) is 31.5 Å². The van der Waals surface area contributed by atoms with Crippen LogP contribution in [0, 0.1) is 35.5 Å². The van der Waals surface area contributed by atoms with Gasteiger partial charge in [-0.2, -0.15) is 0 Å². The number of esters is 3. The number of likely N-dealkylation sites (N-methyl/N-ethyl adjacent to an activating group) is 4. The number of aliphatic hydroxyl groups is 9. The van der Waals surface area contributed by atoms with E-state index in [-0.39, 0.29) is 61.8 Å². The highest BCUT2D eigenvalue weighted by molar-refractivity contribution is 5.89.